The molecule has 0 atom stereocenters. The molecule has 1 aliphatic heterocycles. The average molecular weight is 287 g/mol. The highest BCUT2D eigenvalue weighted by molar-refractivity contribution is 6.33. The molecule has 0 aromatic heterocycles. The zero-order chi connectivity index (χ0) is 13.0. The van der Waals surface area contributed by atoms with E-state index in [2.05, 4.69) is 16.8 Å². The van der Waals surface area contributed by atoms with Crippen molar-refractivity contribution in [2.24, 2.45) is 0 Å². The van der Waals surface area contributed by atoms with Crippen molar-refractivity contribution >= 4 is 23.2 Å². The van der Waals surface area contributed by atoms with Crippen LogP contribution in [0, 0.1) is 0 Å². The van der Waals surface area contributed by atoms with E-state index in [-0.39, 0.29) is 0 Å². The highest BCUT2D eigenvalue weighted by Crippen LogP contribution is 2.21. The first-order valence-corrected chi connectivity index (χ1v) is 7.25. The van der Waals surface area contributed by atoms with Crippen molar-refractivity contribution in [3.05, 3.63) is 33.8 Å². The monoisotopic (exact) mass is 286 g/mol. The normalized spacial score (nSPS) is 18.2. The van der Waals surface area contributed by atoms with Gasteiger partial charge in [0.05, 0.1) is 0 Å². The fourth-order valence-electron chi connectivity index (χ4n) is 2.30. The Labute approximate surface area is 119 Å². The second-order valence-corrected chi connectivity index (χ2v) is 5.83. The predicted molar refractivity (Wildman–Crippen MR) is 78.7 cm³/mol. The van der Waals surface area contributed by atoms with Crippen molar-refractivity contribution in [2.75, 3.05) is 39.8 Å². The molecule has 0 amide bonds. The number of rotatable bonds is 4. The number of benzene rings is 1. The van der Waals surface area contributed by atoms with Crippen LogP contribution in [0.5, 0.6) is 0 Å². The van der Waals surface area contributed by atoms with Crippen LogP contribution in [0.25, 0.3) is 0 Å². The summed E-state index contributed by atoms with van der Waals surface area (Å²) in [5, 5.41) is 1.60. The lowest BCUT2D eigenvalue weighted by molar-refractivity contribution is 0.153. The molecule has 0 radical (unpaired) electrons. The van der Waals surface area contributed by atoms with Crippen LogP contribution < -0.4 is 0 Å². The molecule has 18 heavy (non-hydrogen) atoms. The van der Waals surface area contributed by atoms with Crippen LogP contribution in [0.15, 0.2) is 18.2 Å². The van der Waals surface area contributed by atoms with Crippen LogP contribution in [0.4, 0.5) is 0 Å². The van der Waals surface area contributed by atoms with Crippen LogP contribution in [0.1, 0.15) is 12.0 Å². The zero-order valence-electron chi connectivity index (χ0n) is 10.8. The van der Waals surface area contributed by atoms with E-state index in [4.69, 9.17) is 23.2 Å². The first kappa shape index (κ1) is 14.1. The molecule has 1 aliphatic rings. The lowest BCUT2D eigenvalue weighted by Crippen LogP contribution is -2.44. The summed E-state index contributed by atoms with van der Waals surface area (Å²) in [6.45, 7) is 5.87. The minimum absolute atomic E-state index is 0.772. The van der Waals surface area contributed by atoms with Gasteiger partial charge in [0.15, 0.2) is 0 Å². The summed E-state index contributed by atoms with van der Waals surface area (Å²) in [6.07, 6.45) is 2.15. The quantitative estimate of drug-likeness (QED) is 0.839. The van der Waals surface area contributed by atoms with Crippen molar-refractivity contribution in [1.29, 1.82) is 0 Å². The Balaban J connectivity index is 1.76. The van der Waals surface area contributed by atoms with Gasteiger partial charge >= 0.3 is 0 Å². The van der Waals surface area contributed by atoms with Crippen LogP contribution in [0.2, 0.25) is 10.0 Å². The molecule has 0 N–H and O–H groups in total. The molecular formula is C14H20Cl2N2. The summed E-state index contributed by atoms with van der Waals surface area (Å²) < 4.78 is 0. The van der Waals surface area contributed by atoms with E-state index >= 15 is 0 Å². The van der Waals surface area contributed by atoms with Crippen LogP contribution >= 0.6 is 23.2 Å². The van der Waals surface area contributed by atoms with E-state index in [0.717, 1.165) is 29.4 Å². The van der Waals surface area contributed by atoms with Crippen molar-refractivity contribution in [2.45, 2.75) is 12.8 Å². The van der Waals surface area contributed by atoms with E-state index in [1.165, 1.54) is 31.7 Å². The number of hydrogen-bond donors (Lipinski definition) is 0. The number of aryl methyl sites for hydroxylation is 1. The predicted octanol–water partition coefficient (Wildman–Crippen LogP) is 3.17. The topological polar surface area (TPSA) is 6.48 Å². The molecule has 0 saturated carbocycles. The van der Waals surface area contributed by atoms with Crippen LogP contribution in [-0.4, -0.2) is 49.6 Å². The van der Waals surface area contributed by atoms with Gasteiger partial charge in [0, 0.05) is 36.2 Å². The van der Waals surface area contributed by atoms with Gasteiger partial charge in [-0.1, -0.05) is 23.2 Å². The third-order valence-electron chi connectivity index (χ3n) is 3.52. The van der Waals surface area contributed by atoms with Gasteiger partial charge in [-0.3, -0.25) is 0 Å². The Bertz CT molecular complexity index is 387. The van der Waals surface area contributed by atoms with E-state index in [0.29, 0.717) is 0 Å². The Morgan fingerprint density at radius 2 is 1.83 bits per heavy atom. The molecule has 4 heteroatoms. The summed E-state index contributed by atoms with van der Waals surface area (Å²) >= 11 is 12.1. The third-order valence-corrected chi connectivity index (χ3v) is 4.13. The molecule has 0 unspecified atom stereocenters. The zero-order valence-corrected chi connectivity index (χ0v) is 12.3. The number of halogens is 2. The molecule has 2 rings (SSSR count). The highest BCUT2D eigenvalue weighted by atomic mass is 35.5. The van der Waals surface area contributed by atoms with Crippen LogP contribution in [0.3, 0.4) is 0 Å². The van der Waals surface area contributed by atoms with E-state index in [9.17, 15) is 0 Å². The first-order valence-electron chi connectivity index (χ1n) is 6.50. The second kappa shape index (κ2) is 6.76. The third kappa shape index (κ3) is 4.13. The fourth-order valence-corrected chi connectivity index (χ4v) is 2.71. The summed E-state index contributed by atoms with van der Waals surface area (Å²) in [6, 6.07) is 5.71. The number of hydrogen-bond acceptors (Lipinski definition) is 2. The van der Waals surface area contributed by atoms with Gasteiger partial charge < -0.3 is 9.80 Å². The molecule has 2 nitrogen and oxygen atoms in total. The van der Waals surface area contributed by atoms with E-state index in [1.807, 2.05) is 18.2 Å². The van der Waals surface area contributed by atoms with Gasteiger partial charge in [0.1, 0.15) is 0 Å². The highest BCUT2D eigenvalue weighted by Gasteiger charge is 2.13. The lowest BCUT2D eigenvalue weighted by atomic mass is 10.1. The minimum Gasteiger partial charge on any atom is -0.304 e. The summed E-state index contributed by atoms with van der Waals surface area (Å²) in [5.74, 6) is 0. The first-order chi connectivity index (χ1) is 8.65. The molecule has 1 fully saturated rings. The molecule has 1 saturated heterocycles. The van der Waals surface area contributed by atoms with E-state index < -0.39 is 0 Å². The molecule has 0 bridgehead atoms. The molecule has 1 heterocycles. The SMILES string of the molecule is CN1CCN(CCCc2cc(Cl)ccc2Cl)CC1. The number of piperazine rings is 1. The number of likely N-dealkylation sites (N-methyl/N-ethyl adjacent to an activating group) is 1. The van der Waals surface area contributed by atoms with Gasteiger partial charge in [0.25, 0.3) is 0 Å². The smallest absolute Gasteiger partial charge is 0.0439 e. The average Bonchev–Trinajstić information content (AvgIpc) is 2.36. The molecular weight excluding hydrogens is 267 g/mol. The second-order valence-electron chi connectivity index (χ2n) is 4.98. The largest absolute Gasteiger partial charge is 0.304 e. The molecule has 1 aromatic rings. The van der Waals surface area contributed by atoms with Gasteiger partial charge in [-0.15, -0.1) is 0 Å². The summed E-state index contributed by atoms with van der Waals surface area (Å²) in [7, 11) is 2.18. The van der Waals surface area contributed by atoms with E-state index in [1.54, 1.807) is 0 Å². The van der Waals surface area contributed by atoms with Crippen molar-refractivity contribution < 1.29 is 0 Å². The molecule has 0 spiro atoms. The Morgan fingerprint density at radius 3 is 2.56 bits per heavy atom. The van der Waals surface area contributed by atoms with Crippen LogP contribution in [-0.2, 0) is 6.42 Å². The fraction of sp³-hybridized carbons (Fsp3) is 0.571. The summed E-state index contributed by atoms with van der Waals surface area (Å²) in [5.41, 5.74) is 1.17. The lowest BCUT2D eigenvalue weighted by Gasteiger charge is -2.32. The number of nitrogens with zero attached hydrogens (tertiary/aromatic N) is 2. The maximum Gasteiger partial charge on any atom is 0.0439 e. The van der Waals surface area contributed by atoms with Crippen molar-refractivity contribution in [3.63, 3.8) is 0 Å². The molecule has 0 aliphatic carbocycles. The van der Waals surface area contributed by atoms with Gasteiger partial charge in [-0.25, -0.2) is 0 Å². The molecule has 100 valence electrons. The van der Waals surface area contributed by atoms with Gasteiger partial charge in [0.2, 0.25) is 0 Å². The van der Waals surface area contributed by atoms with Crippen molar-refractivity contribution in [1.82, 2.24) is 9.80 Å². The van der Waals surface area contributed by atoms with Gasteiger partial charge in [-0.2, -0.15) is 0 Å². The maximum absolute atomic E-state index is 6.16. The Hall–Kier alpha value is -0.280. The van der Waals surface area contributed by atoms with Crippen molar-refractivity contribution in [3.8, 4) is 0 Å². The summed E-state index contributed by atoms with van der Waals surface area (Å²) in [4.78, 5) is 4.91. The Morgan fingerprint density at radius 1 is 1.11 bits per heavy atom. The standard InChI is InChI=1S/C14H20Cl2N2/c1-17-7-9-18(10-8-17)6-2-3-12-11-13(15)4-5-14(12)16/h4-5,11H,2-3,6-10H2,1H3. The minimum atomic E-state index is 0.772. The molecule has 1 aromatic carbocycles. The Kier molecular flexibility index (Phi) is 5.31. The maximum atomic E-state index is 6.16. The van der Waals surface area contributed by atoms with Gasteiger partial charge in [-0.05, 0) is 50.2 Å².